The van der Waals surface area contributed by atoms with Gasteiger partial charge in [-0.25, -0.2) is 32.2 Å². The summed E-state index contributed by atoms with van der Waals surface area (Å²) in [6, 6.07) is 5.96. The summed E-state index contributed by atoms with van der Waals surface area (Å²) in [6.07, 6.45) is 2.95. The lowest BCUT2D eigenvalue weighted by atomic mass is 10.1. The van der Waals surface area contributed by atoms with Gasteiger partial charge in [0.05, 0.1) is 22.7 Å². The molecule has 1 aromatic carbocycles. The van der Waals surface area contributed by atoms with Gasteiger partial charge in [-0.3, -0.25) is 0 Å². The molecule has 0 bridgehead atoms. The average Bonchev–Trinajstić information content (AvgIpc) is 3.07. The number of nitrogens with zero attached hydrogens (tertiary/aromatic N) is 3. The number of fused-ring (bicyclic) bond motifs is 1. The van der Waals surface area contributed by atoms with Gasteiger partial charge < -0.3 is 4.98 Å². The molecule has 0 fully saturated rings. The first-order valence-electron chi connectivity index (χ1n) is 7.95. The van der Waals surface area contributed by atoms with Gasteiger partial charge in [0.2, 0.25) is 15.1 Å². The maximum absolute atomic E-state index is 14.7. The van der Waals surface area contributed by atoms with E-state index in [0.29, 0.717) is 0 Å². The van der Waals surface area contributed by atoms with E-state index in [4.69, 9.17) is 11.6 Å². The molecule has 0 spiro atoms. The molecule has 0 atom stereocenters. The van der Waals surface area contributed by atoms with Gasteiger partial charge in [0, 0.05) is 11.8 Å². The first-order chi connectivity index (χ1) is 13.3. The number of sulfone groups is 1. The van der Waals surface area contributed by atoms with E-state index < -0.39 is 26.4 Å². The number of pyridine rings is 1. The molecule has 0 aliphatic carbocycles. The first-order valence-corrected chi connectivity index (χ1v) is 9.81. The smallest absolute Gasteiger partial charge is 0.223 e. The molecular weight excluding hydrogens is 410 g/mol. The van der Waals surface area contributed by atoms with E-state index in [0.717, 1.165) is 18.0 Å². The van der Waals surface area contributed by atoms with Gasteiger partial charge in [-0.05, 0) is 30.7 Å². The van der Waals surface area contributed by atoms with Crippen molar-refractivity contribution in [2.45, 2.75) is 16.7 Å². The number of aromatic nitrogens is 4. The molecule has 0 amide bonds. The Labute approximate surface area is 163 Å². The lowest BCUT2D eigenvalue weighted by molar-refractivity contribution is 0.567. The van der Waals surface area contributed by atoms with Crippen molar-refractivity contribution in [3.63, 3.8) is 0 Å². The second kappa shape index (κ2) is 6.61. The zero-order valence-electron chi connectivity index (χ0n) is 14.2. The van der Waals surface area contributed by atoms with Crippen molar-refractivity contribution < 1.29 is 17.2 Å². The van der Waals surface area contributed by atoms with Crippen LogP contribution in [0.1, 0.15) is 5.56 Å². The van der Waals surface area contributed by atoms with Gasteiger partial charge in [0.15, 0.2) is 11.6 Å². The van der Waals surface area contributed by atoms with E-state index in [9.17, 15) is 17.2 Å². The molecule has 4 rings (SSSR count). The molecule has 10 heteroatoms. The zero-order chi connectivity index (χ0) is 20.1. The number of hydrogen-bond donors (Lipinski definition) is 1. The van der Waals surface area contributed by atoms with Crippen LogP contribution in [0, 0.1) is 18.6 Å². The van der Waals surface area contributed by atoms with E-state index in [2.05, 4.69) is 19.9 Å². The van der Waals surface area contributed by atoms with Crippen LogP contribution in [0.4, 0.5) is 8.78 Å². The Balaban J connectivity index is 2.07. The number of H-pyrrole nitrogens is 1. The van der Waals surface area contributed by atoms with Crippen molar-refractivity contribution in [2.24, 2.45) is 0 Å². The molecule has 6 nitrogen and oxygen atoms in total. The summed E-state index contributed by atoms with van der Waals surface area (Å²) in [4.78, 5) is 13.2. The molecule has 4 aromatic rings. The van der Waals surface area contributed by atoms with E-state index in [-0.39, 0.29) is 32.5 Å². The van der Waals surface area contributed by atoms with Crippen LogP contribution in [0.5, 0.6) is 0 Å². The number of rotatable bonds is 3. The summed E-state index contributed by atoms with van der Waals surface area (Å²) in [6.45, 7) is 1.80. The third-order valence-electron chi connectivity index (χ3n) is 4.18. The van der Waals surface area contributed by atoms with Crippen LogP contribution in [0.25, 0.3) is 22.3 Å². The van der Waals surface area contributed by atoms with E-state index in [1.807, 2.05) is 0 Å². The fourth-order valence-electron chi connectivity index (χ4n) is 2.86. The number of aromatic amines is 1. The predicted octanol–water partition coefficient (Wildman–Crippen LogP) is 4.09. The van der Waals surface area contributed by atoms with Crippen LogP contribution in [0.3, 0.4) is 0 Å². The lowest BCUT2D eigenvalue weighted by Crippen LogP contribution is -2.07. The van der Waals surface area contributed by atoms with Crippen LogP contribution < -0.4 is 0 Å². The monoisotopic (exact) mass is 420 g/mol. The maximum atomic E-state index is 14.7. The molecule has 0 saturated heterocycles. The van der Waals surface area contributed by atoms with Crippen molar-refractivity contribution in [3.05, 3.63) is 65.3 Å². The summed E-state index contributed by atoms with van der Waals surface area (Å²) in [5.41, 5.74) is 0.657. The Morgan fingerprint density at radius 3 is 2.43 bits per heavy atom. The Bertz CT molecular complexity index is 1320. The summed E-state index contributed by atoms with van der Waals surface area (Å²) in [5.74, 6) is -1.90. The first kappa shape index (κ1) is 18.5. The normalized spacial score (nSPS) is 11.9. The van der Waals surface area contributed by atoms with Gasteiger partial charge in [0.25, 0.3) is 0 Å². The van der Waals surface area contributed by atoms with Crippen LogP contribution >= 0.6 is 11.6 Å². The maximum Gasteiger partial charge on any atom is 0.223 e. The van der Waals surface area contributed by atoms with Crippen molar-refractivity contribution >= 4 is 32.5 Å². The van der Waals surface area contributed by atoms with Crippen LogP contribution in [-0.2, 0) is 9.84 Å². The van der Waals surface area contributed by atoms with Gasteiger partial charge in [-0.2, -0.15) is 0 Å². The fraction of sp³-hybridized carbons (Fsp3) is 0.0556. The third kappa shape index (κ3) is 2.92. The minimum Gasteiger partial charge on any atom is -0.345 e. The highest BCUT2D eigenvalue weighted by Gasteiger charge is 2.29. The Kier molecular flexibility index (Phi) is 4.35. The molecule has 28 heavy (non-hydrogen) atoms. The Morgan fingerprint density at radius 2 is 1.71 bits per heavy atom. The van der Waals surface area contributed by atoms with E-state index in [1.54, 1.807) is 19.1 Å². The molecular formula is C18H11ClF2N4O2S. The van der Waals surface area contributed by atoms with E-state index in [1.165, 1.54) is 18.3 Å². The SMILES string of the molecule is Cc1ccc(S(=O)(=O)c2c(F)cnc3[nH]cc(-c4nc(Cl)ncc4F)c23)cc1. The quantitative estimate of drug-likeness (QED) is 0.504. The van der Waals surface area contributed by atoms with E-state index >= 15 is 0 Å². The molecule has 1 N–H and O–H groups in total. The summed E-state index contributed by atoms with van der Waals surface area (Å²) < 4.78 is 55.4. The molecule has 0 radical (unpaired) electrons. The second-order valence-electron chi connectivity index (χ2n) is 6.01. The lowest BCUT2D eigenvalue weighted by Gasteiger charge is -2.09. The van der Waals surface area contributed by atoms with Crippen molar-refractivity contribution in [3.8, 4) is 11.3 Å². The zero-order valence-corrected chi connectivity index (χ0v) is 15.8. The Morgan fingerprint density at radius 1 is 1.04 bits per heavy atom. The minimum atomic E-state index is -4.27. The number of halogens is 3. The van der Waals surface area contributed by atoms with Crippen LogP contribution in [0.2, 0.25) is 5.28 Å². The molecule has 0 aliphatic rings. The van der Waals surface area contributed by atoms with Crippen molar-refractivity contribution in [2.75, 3.05) is 0 Å². The standard InChI is InChI=1S/C18H11ClF2N4O2S/c1-9-2-4-10(5-3-9)28(26,27)16-13(21)8-23-17-14(16)11(6-22-17)15-12(20)7-24-18(19)25-15/h2-8H,1H3,(H,22,23). The predicted molar refractivity (Wildman–Crippen MR) is 98.7 cm³/mol. The molecule has 0 aliphatic heterocycles. The molecule has 3 heterocycles. The number of nitrogens with one attached hydrogen (secondary N) is 1. The molecule has 0 unspecified atom stereocenters. The fourth-order valence-corrected chi connectivity index (χ4v) is 4.51. The van der Waals surface area contributed by atoms with Gasteiger partial charge in [-0.1, -0.05) is 17.7 Å². The summed E-state index contributed by atoms with van der Waals surface area (Å²) in [5, 5.41) is -0.354. The minimum absolute atomic E-state index is 0.00878. The second-order valence-corrected chi connectivity index (χ2v) is 8.24. The Hall–Kier alpha value is -2.91. The topological polar surface area (TPSA) is 88.6 Å². The summed E-state index contributed by atoms with van der Waals surface area (Å²) in [7, 11) is -4.27. The van der Waals surface area contributed by atoms with Crippen LogP contribution in [0.15, 0.2) is 52.6 Å². The van der Waals surface area contributed by atoms with Crippen LogP contribution in [-0.4, -0.2) is 28.4 Å². The highest BCUT2D eigenvalue weighted by Crippen LogP contribution is 2.36. The summed E-state index contributed by atoms with van der Waals surface area (Å²) >= 11 is 5.75. The number of aryl methyl sites for hydroxylation is 1. The number of hydrogen-bond acceptors (Lipinski definition) is 5. The molecule has 0 saturated carbocycles. The van der Waals surface area contributed by atoms with Gasteiger partial charge in [-0.15, -0.1) is 0 Å². The molecule has 142 valence electrons. The highest BCUT2D eigenvalue weighted by molar-refractivity contribution is 7.91. The average molecular weight is 421 g/mol. The molecule has 3 aromatic heterocycles. The highest BCUT2D eigenvalue weighted by atomic mass is 35.5. The van der Waals surface area contributed by atoms with Gasteiger partial charge in [0.1, 0.15) is 16.2 Å². The largest absolute Gasteiger partial charge is 0.345 e. The van der Waals surface area contributed by atoms with Crippen molar-refractivity contribution in [1.29, 1.82) is 0 Å². The third-order valence-corrected chi connectivity index (χ3v) is 6.19. The van der Waals surface area contributed by atoms with Crippen molar-refractivity contribution in [1.82, 2.24) is 19.9 Å². The number of benzene rings is 1. The van der Waals surface area contributed by atoms with Gasteiger partial charge >= 0.3 is 0 Å².